The lowest BCUT2D eigenvalue weighted by molar-refractivity contribution is -0.167. The summed E-state index contributed by atoms with van der Waals surface area (Å²) >= 11 is 0. The first-order valence-electron chi connectivity index (χ1n) is 6.02. The van der Waals surface area contributed by atoms with Gasteiger partial charge in [-0.2, -0.15) is 0 Å². The predicted molar refractivity (Wildman–Crippen MR) is 64.8 cm³/mol. The monoisotopic (exact) mass is 248 g/mol. The van der Waals surface area contributed by atoms with Crippen LogP contribution in [0.2, 0.25) is 0 Å². The minimum atomic E-state index is -0.416. The molecule has 2 atom stereocenters. The molecule has 1 aliphatic rings. The molecule has 1 aromatic rings. The molecule has 96 valence electrons. The molecule has 0 amide bonds. The Balaban J connectivity index is 2.10. The van der Waals surface area contributed by atoms with Crippen molar-refractivity contribution >= 4 is 11.9 Å². The highest BCUT2D eigenvalue weighted by molar-refractivity contribution is 5.77. The van der Waals surface area contributed by atoms with Crippen molar-refractivity contribution in [3.8, 4) is 0 Å². The van der Waals surface area contributed by atoms with E-state index in [1.54, 1.807) is 0 Å². The van der Waals surface area contributed by atoms with Crippen LogP contribution in [0.3, 0.4) is 0 Å². The molecule has 18 heavy (non-hydrogen) atoms. The van der Waals surface area contributed by atoms with E-state index in [2.05, 4.69) is 0 Å². The van der Waals surface area contributed by atoms with Crippen LogP contribution in [-0.4, -0.2) is 25.2 Å². The highest BCUT2D eigenvalue weighted by atomic mass is 16.6. The summed E-state index contributed by atoms with van der Waals surface area (Å²) in [5.41, 5.74) is 1.05. The molecule has 1 aromatic carbocycles. The number of hydrogen-bond acceptors (Lipinski definition) is 4. The molecule has 1 fully saturated rings. The minimum Gasteiger partial charge on any atom is -0.469 e. The molecule has 4 heteroatoms. The Hall–Kier alpha value is -1.84. The van der Waals surface area contributed by atoms with Crippen molar-refractivity contribution in [2.75, 3.05) is 7.11 Å². The van der Waals surface area contributed by atoms with Gasteiger partial charge in [0.2, 0.25) is 0 Å². The van der Waals surface area contributed by atoms with Crippen LogP contribution in [0.1, 0.15) is 18.4 Å². The van der Waals surface area contributed by atoms with Gasteiger partial charge in [0, 0.05) is 12.8 Å². The van der Waals surface area contributed by atoms with E-state index < -0.39 is 6.10 Å². The van der Waals surface area contributed by atoms with E-state index in [1.165, 1.54) is 7.11 Å². The van der Waals surface area contributed by atoms with E-state index in [9.17, 15) is 9.59 Å². The third kappa shape index (κ3) is 2.88. The van der Waals surface area contributed by atoms with E-state index in [-0.39, 0.29) is 24.3 Å². The Labute approximate surface area is 106 Å². The van der Waals surface area contributed by atoms with Crippen LogP contribution < -0.4 is 0 Å². The zero-order valence-corrected chi connectivity index (χ0v) is 10.3. The quantitative estimate of drug-likeness (QED) is 0.764. The maximum atomic E-state index is 11.7. The first kappa shape index (κ1) is 12.6. The summed E-state index contributed by atoms with van der Waals surface area (Å²) in [6.07, 6.45) is 0.918. The number of cyclic esters (lactones) is 1. The summed E-state index contributed by atoms with van der Waals surface area (Å²) in [6.45, 7) is 0. The molecule has 0 aromatic heterocycles. The van der Waals surface area contributed by atoms with Gasteiger partial charge in [-0.25, -0.2) is 0 Å². The third-order valence-corrected chi connectivity index (χ3v) is 3.17. The molecule has 1 saturated heterocycles. The fraction of sp³-hybridized carbons (Fsp3) is 0.429. The molecule has 0 unspecified atom stereocenters. The van der Waals surface area contributed by atoms with Gasteiger partial charge in [-0.3, -0.25) is 9.59 Å². The average Bonchev–Trinajstić information content (AvgIpc) is 2.39. The van der Waals surface area contributed by atoms with Gasteiger partial charge in [0.05, 0.1) is 13.0 Å². The summed E-state index contributed by atoms with van der Waals surface area (Å²) in [7, 11) is 1.36. The predicted octanol–water partition coefficient (Wildman–Crippen LogP) is 1.72. The molecular formula is C14H16O4. The fourth-order valence-corrected chi connectivity index (χ4v) is 2.22. The normalized spacial score (nSPS) is 23.3. The molecule has 0 bridgehead atoms. The number of carbonyl (C=O) groups is 2. The number of rotatable bonds is 3. The Morgan fingerprint density at radius 3 is 2.78 bits per heavy atom. The summed E-state index contributed by atoms with van der Waals surface area (Å²) in [6, 6.07) is 9.68. The van der Waals surface area contributed by atoms with Crippen LogP contribution in [0.25, 0.3) is 0 Å². The number of carbonyl (C=O) groups excluding carboxylic acids is 2. The van der Waals surface area contributed by atoms with Gasteiger partial charge >= 0.3 is 11.9 Å². The van der Waals surface area contributed by atoms with Crippen molar-refractivity contribution < 1.29 is 19.1 Å². The summed E-state index contributed by atoms with van der Waals surface area (Å²) in [4.78, 5) is 23.0. The molecule has 0 aliphatic carbocycles. The summed E-state index contributed by atoms with van der Waals surface area (Å²) in [5, 5.41) is 0. The minimum absolute atomic E-state index is 0.240. The Bertz CT molecular complexity index is 427. The lowest BCUT2D eigenvalue weighted by Crippen LogP contribution is -2.39. The van der Waals surface area contributed by atoms with Crippen molar-refractivity contribution in [3.63, 3.8) is 0 Å². The number of ether oxygens (including phenoxy) is 2. The zero-order chi connectivity index (χ0) is 13.0. The van der Waals surface area contributed by atoms with Gasteiger partial charge in [0.25, 0.3) is 0 Å². The Kier molecular flexibility index (Phi) is 3.97. The maximum absolute atomic E-state index is 11.7. The molecule has 0 radical (unpaired) electrons. The second kappa shape index (κ2) is 5.67. The molecule has 0 spiro atoms. The summed E-state index contributed by atoms with van der Waals surface area (Å²) in [5.74, 6) is -0.896. The second-order valence-electron chi connectivity index (χ2n) is 4.39. The lowest BCUT2D eigenvalue weighted by Gasteiger charge is -2.29. The van der Waals surface area contributed by atoms with Crippen LogP contribution >= 0.6 is 0 Å². The van der Waals surface area contributed by atoms with Crippen LogP contribution in [0.4, 0.5) is 0 Å². The largest absolute Gasteiger partial charge is 0.469 e. The number of methoxy groups -OCH3 is 1. The topological polar surface area (TPSA) is 52.6 Å². The SMILES string of the molecule is COC(=O)[C@@H]1CCC(=O)O[C@H]1Cc1ccccc1. The van der Waals surface area contributed by atoms with Gasteiger partial charge in [-0.1, -0.05) is 30.3 Å². The molecule has 0 N–H and O–H groups in total. The summed E-state index contributed by atoms with van der Waals surface area (Å²) < 4.78 is 10.0. The third-order valence-electron chi connectivity index (χ3n) is 3.17. The van der Waals surface area contributed by atoms with E-state index in [4.69, 9.17) is 9.47 Å². The average molecular weight is 248 g/mol. The van der Waals surface area contributed by atoms with Crippen LogP contribution in [0.15, 0.2) is 30.3 Å². The van der Waals surface area contributed by atoms with Crippen LogP contribution in [0.5, 0.6) is 0 Å². The van der Waals surface area contributed by atoms with Crippen LogP contribution in [-0.2, 0) is 25.5 Å². The molecule has 1 aliphatic heterocycles. The second-order valence-corrected chi connectivity index (χ2v) is 4.39. The van der Waals surface area contributed by atoms with Crippen molar-refractivity contribution in [3.05, 3.63) is 35.9 Å². The van der Waals surface area contributed by atoms with E-state index in [0.29, 0.717) is 12.8 Å². The first-order chi connectivity index (χ1) is 8.70. The fourth-order valence-electron chi connectivity index (χ4n) is 2.22. The highest BCUT2D eigenvalue weighted by Gasteiger charge is 2.36. The Morgan fingerprint density at radius 2 is 2.11 bits per heavy atom. The smallest absolute Gasteiger partial charge is 0.312 e. The molecule has 2 rings (SSSR count). The lowest BCUT2D eigenvalue weighted by atomic mass is 9.90. The van der Waals surface area contributed by atoms with Gasteiger partial charge in [0.1, 0.15) is 6.10 Å². The van der Waals surface area contributed by atoms with E-state index >= 15 is 0 Å². The van der Waals surface area contributed by atoms with Gasteiger partial charge in [0.15, 0.2) is 0 Å². The number of hydrogen-bond donors (Lipinski definition) is 0. The van der Waals surface area contributed by atoms with Gasteiger partial charge in [-0.15, -0.1) is 0 Å². The molecular weight excluding hydrogens is 232 g/mol. The maximum Gasteiger partial charge on any atom is 0.312 e. The van der Waals surface area contributed by atoms with E-state index in [0.717, 1.165) is 5.56 Å². The van der Waals surface area contributed by atoms with Crippen molar-refractivity contribution in [2.24, 2.45) is 5.92 Å². The van der Waals surface area contributed by atoms with Crippen LogP contribution in [0, 0.1) is 5.92 Å². The molecule has 0 saturated carbocycles. The highest BCUT2D eigenvalue weighted by Crippen LogP contribution is 2.25. The molecule has 4 nitrogen and oxygen atoms in total. The van der Waals surface area contributed by atoms with Crippen molar-refractivity contribution in [1.82, 2.24) is 0 Å². The number of benzene rings is 1. The standard InChI is InChI=1S/C14H16O4/c1-17-14(16)11-7-8-13(15)18-12(11)9-10-5-3-2-4-6-10/h2-6,11-12H,7-9H2,1H3/t11-,12+/m1/s1. The Morgan fingerprint density at radius 1 is 1.39 bits per heavy atom. The van der Waals surface area contributed by atoms with E-state index in [1.807, 2.05) is 30.3 Å². The number of esters is 2. The van der Waals surface area contributed by atoms with Gasteiger partial charge < -0.3 is 9.47 Å². The zero-order valence-electron chi connectivity index (χ0n) is 10.3. The van der Waals surface area contributed by atoms with Crippen molar-refractivity contribution in [1.29, 1.82) is 0 Å². The van der Waals surface area contributed by atoms with Gasteiger partial charge in [-0.05, 0) is 12.0 Å². The molecule has 1 heterocycles. The van der Waals surface area contributed by atoms with Crippen molar-refractivity contribution in [2.45, 2.75) is 25.4 Å². The first-order valence-corrected chi connectivity index (χ1v) is 6.02.